The van der Waals surface area contributed by atoms with Crippen LogP contribution < -0.4 is 24.8 Å². The molecular weight excluding hydrogens is 495 g/mol. The van der Waals surface area contributed by atoms with Gasteiger partial charge in [-0.25, -0.2) is 0 Å². The predicted molar refractivity (Wildman–Crippen MR) is 122 cm³/mol. The summed E-state index contributed by atoms with van der Waals surface area (Å²) < 4.78 is 9.94. The van der Waals surface area contributed by atoms with Crippen molar-refractivity contribution in [1.82, 2.24) is 0 Å². The Balaban J connectivity index is -0.000000399. The first-order chi connectivity index (χ1) is 15.4. The van der Waals surface area contributed by atoms with Crippen molar-refractivity contribution in [2.75, 3.05) is 41.5 Å². The maximum absolute atomic E-state index is 11.9. The van der Waals surface area contributed by atoms with Crippen LogP contribution in [0.5, 0.6) is 23.0 Å². The third-order valence-electron chi connectivity index (χ3n) is 3.28. The second-order valence-corrected chi connectivity index (χ2v) is 5.32. The van der Waals surface area contributed by atoms with Crippen molar-refractivity contribution in [3.05, 3.63) is 47.5 Å². The first kappa shape index (κ1) is 38.1. The number of carbonyl (C=O) groups is 1. The van der Waals surface area contributed by atoms with Crippen molar-refractivity contribution in [3.8, 4) is 23.0 Å². The Kier molecular flexibility index (Phi) is 27.4. The number of para-hydroxylation sites is 2. The number of ether oxygens (including phenoxy) is 2. The summed E-state index contributed by atoms with van der Waals surface area (Å²) in [5.74, 6) is -0.893. The number of rotatable bonds is 7. The van der Waals surface area contributed by atoms with E-state index in [0.717, 1.165) is 21.1 Å². The van der Waals surface area contributed by atoms with Crippen LogP contribution in [0.3, 0.4) is 0 Å². The third-order valence-corrected chi connectivity index (χ3v) is 3.28. The van der Waals surface area contributed by atoms with Crippen molar-refractivity contribution in [2.24, 2.45) is 9.98 Å². The number of carboxylic acid groups (broad SMARTS) is 1. The standard InChI is InChI=1S/C18H20N2O4.C2H4O2.2CH4O.Co.H2O/c1-23-15-7-3-5-13(17(15)21)11-19-9-10-20-12-14-6-4-8-16(24-2)18(14)22;1-2(3)4;2*1-2;;/h3-8,11-12,21-22H,9-10H2,1-2H3;1H3,(H,3,4);2*2H,1H3;;1H2/q;;;;+3;/p-2. The number of methoxy groups -OCH3 is 2. The van der Waals surface area contributed by atoms with Gasteiger partial charge < -0.3 is 45.3 Å². The molecule has 0 bridgehead atoms. The van der Waals surface area contributed by atoms with Crippen LogP contribution in [0.2, 0.25) is 0 Å². The minimum Gasteiger partial charge on any atom is -0.870 e. The van der Waals surface area contributed by atoms with Crippen molar-refractivity contribution in [2.45, 2.75) is 6.92 Å². The summed E-state index contributed by atoms with van der Waals surface area (Å²) in [5, 5.41) is 46.7. The number of hydrogen-bond donors (Lipinski definition) is 2. The van der Waals surface area contributed by atoms with Gasteiger partial charge in [-0.3, -0.25) is 9.98 Å². The van der Waals surface area contributed by atoms with E-state index in [1.165, 1.54) is 26.6 Å². The van der Waals surface area contributed by atoms with Gasteiger partial charge in [-0.2, -0.15) is 0 Å². The summed E-state index contributed by atoms with van der Waals surface area (Å²) in [7, 11) is 4.91. The molecule has 12 heteroatoms. The van der Waals surface area contributed by atoms with Gasteiger partial charge in [0.15, 0.2) is 0 Å². The van der Waals surface area contributed by atoms with E-state index in [4.69, 9.17) is 29.6 Å². The smallest absolute Gasteiger partial charge is 0.870 e. The van der Waals surface area contributed by atoms with Crippen LogP contribution in [-0.2, 0) is 27.0 Å². The van der Waals surface area contributed by atoms with Crippen LogP contribution in [0.1, 0.15) is 18.1 Å². The van der Waals surface area contributed by atoms with Crippen molar-refractivity contribution >= 4 is 18.4 Å². The maximum atomic E-state index is 11.9. The molecule has 0 saturated carbocycles. The van der Waals surface area contributed by atoms with E-state index in [0.29, 0.717) is 24.2 Å². The molecule has 2 rings (SSSR count). The van der Waals surface area contributed by atoms with Gasteiger partial charge in [-0.05, 0) is 30.2 Å². The van der Waals surface area contributed by atoms with Crippen LogP contribution >= 0.6 is 0 Å². The van der Waals surface area contributed by atoms with Gasteiger partial charge in [0.05, 0.1) is 27.3 Å². The molecule has 0 heterocycles. The van der Waals surface area contributed by atoms with Crippen molar-refractivity contribution in [1.29, 1.82) is 0 Å². The molecule has 0 aliphatic carbocycles. The minimum atomic E-state index is -1.08. The molecule has 0 saturated heterocycles. The van der Waals surface area contributed by atoms with Gasteiger partial charge in [0.25, 0.3) is 0 Å². The number of benzene rings is 2. The minimum absolute atomic E-state index is 0. The van der Waals surface area contributed by atoms with Gasteiger partial charge in [0, 0.05) is 32.6 Å². The zero-order valence-corrected chi connectivity index (χ0v) is 20.7. The van der Waals surface area contributed by atoms with Gasteiger partial charge >= 0.3 is 16.8 Å². The second kappa shape index (κ2) is 24.5. The van der Waals surface area contributed by atoms with E-state index in [2.05, 4.69) is 9.98 Å². The average molecular weight is 527 g/mol. The summed E-state index contributed by atoms with van der Waals surface area (Å²) in [4.78, 5) is 17.2. The van der Waals surface area contributed by atoms with Crippen LogP contribution in [0.4, 0.5) is 0 Å². The number of aliphatic hydroxyl groups is 2. The average Bonchev–Trinajstić information content (AvgIpc) is 2.80. The molecule has 11 nitrogen and oxygen atoms in total. The molecule has 5 N–H and O–H groups in total. The largest absolute Gasteiger partial charge is 3.00 e. The topological polar surface area (TPSA) is 203 Å². The van der Waals surface area contributed by atoms with Gasteiger partial charge in [-0.15, -0.1) is 0 Å². The number of hydrogen-bond acceptors (Lipinski definition) is 10. The summed E-state index contributed by atoms with van der Waals surface area (Å²) in [6, 6.07) is 10.0. The van der Waals surface area contributed by atoms with Gasteiger partial charge in [0.1, 0.15) is 11.5 Å². The molecule has 0 amide bonds. The number of aliphatic hydroxyl groups excluding tert-OH is 2. The van der Waals surface area contributed by atoms with Crippen molar-refractivity contribution < 1.29 is 62.1 Å². The number of aliphatic imine (C=N–C) groups is 2. The molecule has 0 fully saturated rings. The molecule has 0 aliphatic heterocycles. The molecule has 192 valence electrons. The number of nitrogens with zero attached hydrogens (tertiary/aromatic N) is 2. The fourth-order valence-electron chi connectivity index (χ4n) is 2.03. The summed E-state index contributed by atoms with van der Waals surface area (Å²) in [5.41, 5.74) is 0.931. The molecule has 0 aliphatic rings. The summed E-state index contributed by atoms with van der Waals surface area (Å²) >= 11 is 0. The Bertz CT molecular complexity index is 780. The number of aliphatic carboxylic acids is 1. The maximum Gasteiger partial charge on any atom is 3.00 e. The fourth-order valence-corrected chi connectivity index (χ4v) is 2.03. The summed E-state index contributed by atoms with van der Waals surface area (Å²) in [6.07, 6.45) is 3.01. The molecule has 0 radical (unpaired) electrons. The van der Waals surface area contributed by atoms with E-state index in [-0.39, 0.29) is 45.3 Å². The zero-order chi connectivity index (χ0) is 24.9. The van der Waals surface area contributed by atoms with Gasteiger partial charge in [0.2, 0.25) is 0 Å². The molecule has 0 spiro atoms. The number of carbonyl (C=O) groups excluding carboxylic acids is 1. The fraction of sp³-hybridized carbons (Fsp3) is 0.318. The third kappa shape index (κ3) is 15.6. The normalized spacial score (nSPS) is 9.03. The van der Waals surface area contributed by atoms with Crippen LogP contribution in [0, 0.1) is 0 Å². The van der Waals surface area contributed by atoms with E-state index in [9.17, 15) is 10.2 Å². The quantitative estimate of drug-likeness (QED) is 0.244. The van der Waals surface area contributed by atoms with Crippen LogP contribution in [0.25, 0.3) is 0 Å². The number of carboxylic acids is 1. The monoisotopic (exact) mass is 527 g/mol. The SMILES string of the molecule is CC(=O)[O-].CO.CO.COc1cccc(C=NCCN=Cc2cccc(OC)c2[O-])c1[O-].[Co+3].[OH3+]. The van der Waals surface area contributed by atoms with E-state index in [1.807, 2.05) is 0 Å². The predicted octanol–water partition coefficient (Wildman–Crippen LogP) is -1.56. The molecule has 2 aromatic carbocycles. The molecular formula is C22H32CoN2O9+. The van der Waals surface area contributed by atoms with Crippen molar-refractivity contribution in [3.63, 3.8) is 0 Å². The summed E-state index contributed by atoms with van der Waals surface area (Å²) in [6.45, 7) is 1.79. The Morgan fingerprint density at radius 3 is 1.41 bits per heavy atom. The van der Waals surface area contributed by atoms with E-state index >= 15 is 0 Å². The van der Waals surface area contributed by atoms with Crippen LogP contribution in [-0.4, -0.2) is 70.1 Å². The van der Waals surface area contributed by atoms with E-state index < -0.39 is 5.97 Å². The zero-order valence-electron chi connectivity index (χ0n) is 19.7. The molecule has 0 atom stereocenters. The Hall–Kier alpha value is -3.16. The van der Waals surface area contributed by atoms with Crippen LogP contribution in [0.15, 0.2) is 46.4 Å². The Morgan fingerprint density at radius 1 is 0.853 bits per heavy atom. The molecule has 0 unspecified atom stereocenters. The Morgan fingerprint density at radius 2 is 1.15 bits per heavy atom. The van der Waals surface area contributed by atoms with E-state index in [1.54, 1.807) is 36.4 Å². The molecule has 0 aromatic heterocycles. The second-order valence-electron chi connectivity index (χ2n) is 5.32. The Labute approximate surface area is 209 Å². The molecule has 34 heavy (non-hydrogen) atoms. The first-order valence-electron chi connectivity index (χ1n) is 9.15. The van der Waals surface area contributed by atoms with Gasteiger partial charge in [-0.1, -0.05) is 35.8 Å². The molecule has 2 aromatic rings. The first-order valence-corrected chi connectivity index (χ1v) is 9.15.